The van der Waals surface area contributed by atoms with Gasteiger partial charge >= 0.3 is 0 Å². The minimum atomic E-state index is -0.0170. The number of nitrogens with one attached hydrogen (secondary N) is 1. The van der Waals surface area contributed by atoms with E-state index in [4.69, 9.17) is 0 Å². The van der Waals surface area contributed by atoms with Crippen LogP contribution in [0.1, 0.15) is 4.88 Å². The zero-order valence-corrected chi connectivity index (χ0v) is 13.2. The van der Waals surface area contributed by atoms with E-state index in [1.54, 1.807) is 23.1 Å². The van der Waals surface area contributed by atoms with E-state index in [2.05, 4.69) is 16.4 Å². The lowest BCUT2D eigenvalue weighted by atomic mass is 10.3. The Hall–Kier alpha value is -1.37. The van der Waals surface area contributed by atoms with Gasteiger partial charge in [0.2, 0.25) is 5.91 Å². The van der Waals surface area contributed by atoms with Crippen molar-refractivity contribution in [2.75, 3.05) is 11.6 Å². The van der Waals surface area contributed by atoms with Gasteiger partial charge in [-0.15, -0.1) is 23.1 Å². The molecule has 1 amide bonds. The molecule has 3 rings (SSSR count). The number of hydrogen-bond acceptors (Lipinski definition) is 5. The van der Waals surface area contributed by atoms with Gasteiger partial charge in [0.25, 0.3) is 0 Å². The second-order valence-corrected chi connectivity index (χ2v) is 7.10. The van der Waals surface area contributed by atoms with Crippen LogP contribution in [0, 0.1) is 0 Å². The number of amides is 1. The van der Waals surface area contributed by atoms with Crippen molar-refractivity contribution in [3.05, 3.63) is 40.6 Å². The molecule has 0 radical (unpaired) electrons. The van der Waals surface area contributed by atoms with Crippen molar-refractivity contribution in [3.63, 3.8) is 0 Å². The second-order valence-electron chi connectivity index (χ2n) is 4.16. The van der Waals surface area contributed by atoms with Crippen LogP contribution in [0.25, 0.3) is 10.2 Å². The predicted molar refractivity (Wildman–Crippen MR) is 88.1 cm³/mol. The number of thiazole rings is 1. The van der Waals surface area contributed by atoms with Crippen LogP contribution >= 0.6 is 34.4 Å². The molecule has 0 saturated carbocycles. The molecular formula is C14H12N2OS3. The summed E-state index contributed by atoms with van der Waals surface area (Å²) in [5.41, 5.74) is 0.930. The average molecular weight is 320 g/mol. The van der Waals surface area contributed by atoms with Gasteiger partial charge in [-0.2, -0.15) is 0 Å². The molecule has 6 heteroatoms. The molecule has 0 bridgehead atoms. The highest BCUT2D eigenvalue weighted by molar-refractivity contribution is 7.98. The van der Waals surface area contributed by atoms with Gasteiger partial charge in [0, 0.05) is 9.77 Å². The van der Waals surface area contributed by atoms with Crippen LogP contribution in [0.15, 0.2) is 40.6 Å². The average Bonchev–Trinajstić information content (AvgIpc) is 3.06. The van der Waals surface area contributed by atoms with Crippen molar-refractivity contribution in [2.24, 2.45) is 0 Å². The highest BCUT2D eigenvalue weighted by Crippen LogP contribution is 2.29. The van der Waals surface area contributed by atoms with Crippen LogP contribution in [0.3, 0.4) is 0 Å². The SMILES string of the molecule is CSc1ccc2nc(NC(=O)Cc3cccs3)sc2c1. The topological polar surface area (TPSA) is 42.0 Å². The molecule has 1 aromatic carbocycles. The van der Waals surface area contributed by atoms with Crippen molar-refractivity contribution in [2.45, 2.75) is 11.3 Å². The molecule has 0 atom stereocenters. The zero-order chi connectivity index (χ0) is 13.9. The number of thioether (sulfide) groups is 1. The minimum absolute atomic E-state index is 0.0170. The predicted octanol–water partition coefficient (Wildman–Crippen LogP) is 4.26. The summed E-state index contributed by atoms with van der Waals surface area (Å²) in [6.07, 6.45) is 2.45. The van der Waals surface area contributed by atoms with E-state index in [1.807, 2.05) is 35.9 Å². The molecule has 3 aromatic rings. The Labute approximate surface area is 129 Å². The van der Waals surface area contributed by atoms with E-state index in [0.717, 1.165) is 15.1 Å². The van der Waals surface area contributed by atoms with Crippen molar-refractivity contribution >= 4 is 55.7 Å². The molecule has 2 aromatic heterocycles. The molecule has 0 saturated heterocycles. The molecule has 0 aliphatic heterocycles. The maximum absolute atomic E-state index is 11.9. The number of carbonyl (C=O) groups is 1. The van der Waals surface area contributed by atoms with Gasteiger partial charge in [0.1, 0.15) is 0 Å². The van der Waals surface area contributed by atoms with E-state index >= 15 is 0 Å². The van der Waals surface area contributed by atoms with Gasteiger partial charge in [0.15, 0.2) is 5.13 Å². The molecule has 20 heavy (non-hydrogen) atoms. The zero-order valence-electron chi connectivity index (χ0n) is 10.8. The highest BCUT2D eigenvalue weighted by atomic mass is 32.2. The van der Waals surface area contributed by atoms with E-state index in [-0.39, 0.29) is 5.91 Å². The Bertz CT molecular complexity index is 734. The monoisotopic (exact) mass is 320 g/mol. The van der Waals surface area contributed by atoms with Crippen LogP contribution in [0.5, 0.6) is 0 Å². The molecule has 0 unspecified atom stereocenters. The first-order valence-electron chi connectivity index (χ1n) is 6.01. The summed E-state index contributed by atoms with van der Waals surface area (Å²) in [6, 6.07) is 10.1. The van der Waals surface area contributed by atoms with Crippen LogP contribution in [0.4, 0.5) is 5.13 Å². The maximum atomic E-state index is 11.9. The first-order chi connectivity index (χ1) is 9.74. The highest BCUT2D eigenvalue weighted by Gasteiger charge is 2.09. The number of thiophene rings is 1. The van der Waals surface area contributed by atoms with Crippen LogP contribution in [0.2, 0.25) is 0 Å². The number of fused-ring (bicyclic) bond motifs is 1. The molecule has 1 N–H and O–H groups in total. The Morgan fingerprint density at radius 2 is 2.30 bits per heavy atom. The molecule has 3 nitrogen and oxygen atoms in total. The third-order valence-electron chi connectivity index (χ3n) is 2.76. The smallest absolute Gasteiger partial charge is 0.231 e. The largest absolute Gasteiger partial charge is 0.302 e. The Morgan fingerprint density at radius 3 is 3.05 bits per heavy atom. The number of nitrogens with zero attached hydrogens (tertiary/aromatic N) is 1. The van der Waals surface area contributed by atoms with Gasteiger partial charge in [-0.3, -0.25) is 4.79 Å². The Balaban J connectivity index is 1.75. The summed E-state index contributed by atoms with van der Waals surface area (Å²) in [5.74, 6) is -0.0170. The Morgan fingerprint density at radius 1 is 1.40 bits per heavy atom. The third-order valence-corrected chi connectivity index (χ3v) is 5.29. The number of rotatable bonds is 4. The summed E-state index contributed by atoms with van der Waals surface area (Å²) in [6.45, 7) is 0. The fourth-order valence-corrected chi connectivity index (χ4v) is 3.96. The Kier molecular flexibility index (Phi) is 4.05. The van der Waals surface area contributed by atoms with E-state index < -0.39 is 0 Å². The van der Waals surface area contributed by atoms with Gasteiger partial charge in [-0.25, -0.2) is 4.98 Å². The van der Waals surface area contributed by atoms with E-state index in [9.17, 15) is 4.79 Å². The first kappa shape index (κ1) is 13.6. The van der Waals surface area contributed by atoms with Crippen molar-refractivity contribution in [1.82, 2.24) is 4.98 Å². The molecule has 0 fully saturated rings. The fourth-order valence-electron chi connectivity index (χ4n) is 1.82. The van der Waals surface area contributed by atoms with Crippen molar-refractivity contribution < 1.29 is 4.79 Å². The van der Waals surface area contributed by atoms with Crippen LogP contribution in [-0.4, -0.2) is 17.1 Å². The quantitative estimate of drug-likeness (QED) is 0.730. The fraction of sp³-hybridized carbons (Fsp3) is 0.143. The molecule has 0 spiro atoms. The van der Waals surface area contributed by atoms with Gasteiger partial charge < -0.3 is 5.32 Å². The second kappa shape index (κ2) is 5.95. The number of anilines is 1. The van der Waals surface area contributed by atoms with E-state index in [1.165, 1.54) is 16.2 Å². The summed E-state index contributed by atoms with van der Waals surface area (Å²) in [7, 11) is 0. The van der Waals surface area contributed by atoms with Gasteiger partial charge in [-0.1, -0.05) is 17.4 Å². The van der Waals surface area contributed by atoms with Crippen molar-refractivity contribution in [3.8, 4) is 0 Å². The molecular weight excluding hydrogens is 308 g/mol. The third kappa shape index (κ3) is 3.03. The van der Waals surface area contributed by atoms with Gasteiger partial charge in [0.05, 0.1) is 16.6 Å². The van der Waals surface area contributed by atoms with Crippen LogP contribution in [-0.2, 0) is 11.2 Å². The van der Waals surface area contributed by atoms with Crippen LogP contribution < -0.4 is 5.32 Å². The van der Waals surface area contributed by atoms with Crippen molar-refractivity contribution in [1.29, 1.82) is 0 Å². The lowest BCUT2D eigenvalue weighted by Crippen LogP contribution is -2.13. The minimum Gasteiger partial charge on any atom is -0.302 e. The van der Waals surface area contributed by atoms with Gasteiger partial charge in [-0.05, 0) is 35.9 Å². The first-order valence-corrected chi connectivity index (χ1v) is 8.93. The summed E-state index contributed by atoms with van der Waals surface area (Å²) < 4.78 is 1.10. The molecule has 0 aliphatic rings. The lowest BCUT2D eigenvalue weighted by molar-refractivity contribution is -0.115. The summed E-state index contributed by atoms with van der Waals surface area (Å²) in [5, 5.41) is 5.52. The molecule has 0 aliphatic carbocycles. The number of aromatic nitrogens is 1. The standard InChI is InChI=1S/C14H12N2OS3/c1-18-9-4-5-11-12(7-9)20-14(15-11)16-13(17)8-10-3-2-6-19-10/h2-7H,8H2,1H3,(H,15,16,17). The summed E-state index contributed by atoms with van der Waals surface area (Å²) >= 11 is 4.81. The maximum Gasteiger partial charge on any atom is 0.231 e. The van der Waals surface area contributed by atoms with E-state index in [0.29, 0.717) is 11.6 Å². The summed E-state index contributed by atoms with van der Waals surface area (Å²) in [4.78, 5) is 18.6. The number of hydrogen-bond donors (Lipinski definition) is 1. The molecule has 2 heterocycles. The lowest BCUT2D eigenvalue weighted by Gasteiger charge is -1.98. The number of carbonyl (C=O) groups excluding carboxylic acids is 1. The molecule has 102 valence electrons. The normalized spacial score (nSPS) is 10.8. The number of benzene rings is 1.